The Bertz CT molecular complexity index is 2060. The lowest BCUT2D eigenvalue weighted by atomic mass is 10.0. The van der Waals surface area contributed by atoms with Crippen LogP contribution in [0.15, 0.2) is 134 Å². The van der Waals surface area contributed by atoms with Gasteiger partial charge in [-0.15, -0.1) is 0 Å². The van der Waals surface area contributed by atoms with Gasteiger partial charge < -0.3 is 33.3 Å². The van der Waals surface area contributed by atoms with Crippen molar-refractivity contribution >= 4 is 17.9 Å². The lowest BCUT2D eigenvalue weighted by Crippen LogP contribution is -2.44. The number of esters is 2. The maximum atomic E-state index is 13.0. The number of aliphatic carboxylic acids is 1. The van der Waals surface area contributed by atoms with Gasteiger partial charge in [-0.3, -0.25) is 9.59 Å². The summed E-state index contributed by atoms with van der Waals surface area (Å²) in [5, 5.41) is 11.9. The van der Waals surface area contributed by atoms with Gasteiger partial charge in [0.05, 0.1) is 40.3 Å². The van der Waals surface area contributed by atoms with Crippen molar-refractivity contribution in [3.05, 3.63) is 134 Å². The van der Waals surface area contributed by atoms with Gasteiger partial charge in [-0.25, -0.2) is 0 Å². The van der Waals surface area contributed by atoms with E-state index in [1.54, 1.807) is 0 Å². The van der Waals surface area contributed by atoms with Gasteiger partial charge in [0, 0.05) is 12.8 Å². The van der Waals surface area contributed by atoms with Crippen molar-refractivity contribution in [3.63, 3.8) is 0 Å². The third-order valence-electron chi connectivity index (χ3n) is 17.4. The van der Waals surface area contributed by atoms with Gasteiger partial charge in [0.1, 0.15) is 13.2 Å². The lowest BCUT2D eigenvalue weighted by Gasteiger charge is -2.26. The number of nitrogens with zero attached hydrogens (tertiary/aromatic N) is 1. The predicted molar refractivity (Wildman–Crippen MR) is 416 cm³/mol. The van der Waals surface area contributed by atoms with Gasteiger partial charge in [0.25, 0.3) is 0 Å². The Morgan fingerprint density at radius 2 is 0.588 bits per heavy atom. The summed E-state index contributed by atoms with van der Waals surface area (Å²) in [5.41, 5.74) is 0. The average molecular weight is 1350 g/mol. The van der Waals surface area contributed by atoms with Crippen LogP contribution in [0, 0.1) is 0 Å². The standard InChI is InChI=1S/C88H151NO8/c1-6-8-10-12-14-16-18-20-22-24-26-28-30-32-34-36-38-39-40-41-42-43-44-45-46-47-49-50-52-54-56-58-60-62-64-66-68-70-72-74-76-78-85(90)95-82-84(83-96-88(87(92)93)94-81-80-89(3,4)5)97-86(91)79-77-75-73-71-69-67-65-63-61-59-57-55-53-51-48-37-35-33-31-29-27-25-23-21-19-17-15-13-11-9-7-2/h9,11,15,17-18,20-21,23-24,26-27,29-30,32-33,35,48,51,55,57,61,63,84,88H,6-8,10,12-14,16,19,22,25,28,31,34,36-47,49-50,52-54,56,58-60,62,64-83H2,1-5H3/b11-9-,17-15-,20-18-,23-21-,26-24-,29-27-,32-30-,35-33-,51-48-,57-55-,63-61-. The van der Waals surface area contributed by atoms with Gasteiger partial charge in [-0.2, -0.15) is 0 Å². The first-order valence-corrected chi connectivity index (χ1v) is 40.3. The van der Waals surface area contributed by atoms with Crippen LogP contribution in [0.1, 0.15) is 348 Å². The van der Waals surface area contributed by atoms with E-state index in [1.807, 2.05) is 21.1 Å². The number of likely N-dealkylation sites (N-methyl/N-ethyl adjacent to an activating group) is 1. The van der Waals surface area contributed by atoms with E-state index >= 15 is 0 Å². The minimum atomic E-state index is -1.63. The molecule has 0 N–H and O–H groups in total. The summed E-state index contributed by atoms with van der Waals surface area (Å²) < 4.78 is 22.8. The number of allylic oxidation sites excluding steroid dienone is 22. The molecule has 556 valence electrons. The van der Waals surface area contributed by atoms with Gasteiger partial charge >= 0.3 is 11.9 Å². The van der Waals surface area contributed by atoms with Gasteiger partial charge in [-0.1, -0.05) is 353 Å². The second-order valence-electron chi connectivity index (χ2n) is 28.0. The molecule has 97 heavy (non-hydrogen) atoms. The molecule has 0 aromatic rings. The fourth-order valence-corrected chi connectivity index (χ4v) is 11.3. The van der Waals surface area contributed by atoms with Gasteiger partial charge in [-0.05, 0) is 116 Å². The molecule has 2 unspecified atom stereocenters. The number of hydrogen-bond acceptors (Lipinski definition) is 8. The normalized spacial score (nSPS) is 13.4. The number of carboxylic acids is 1. The zero-order valence-electron chi connectivity index (χ0n) is 63.7. The highest BCUT2D eigenvalue weighted by Gasteiger charge is 2.22. The highest BCUT2D eigenvalue weighted by Crippen LogP contribution is 2.18. The Kier molecular flexibility index (Phi) is 73.5. The SMILES string of the molecule is CC/C=C\C/C=C\C/C=C\C/C=C\C/C=C\C/C=C\C/C=C\C/C=C\CCCCCCCCC(=O)OC(COC(=O)CCCCCCCCCCCCCCCCCCCCCCCCCCCC/C=C\C/C=C\C/C=C\CCCCCCC)COC(OCC[N+](C)(C)C)C(=O)[O-]. The maximum Gasteiger partial charge on any atom is 0.306 e. The minimum Gasteiger partial charge on any atom is -0.545 e. The summed E-state index contributed by atoms with van der Waals surface area (Å²) in [6.07, 6.45) is 109. The number of unbranched alkanes of at least 4 members (excludes halogenated alkanes) is 37. The minimum absolute atomic E-state index is 0.140. The molecule has 0 saturated carbocycles. The fourth-order valence-electron chi connectivity index (χ4n) is 11.3. The molecule has 0 saturated heterocycles. The Morgan fingerprint density at radius 3 is 0.876 bits per heavy atom. The van der Waals surface area contributed by atoms with Crippen LogP contribution in [-0.4, -0.2) is 82.3 Å². The summed E-state index contributed by atoms with van der Waals surface area (Å²) in [5.74, 6) is -2.30. The molecule has 0 amide bonds. The quantitative estimate of drug-likeness (QED) is 0.0195. The third kappa shape index (κ3) is 78.6. The van der Waals surface area contributed by atoms with E-state index in [2.05, 4.69) is 148 Å². The highest BCUT2D eigenvalue weighted by molar-refractivity contribution is 5.70. The number of rotatable bonds is 74. The van der Waals surface area contributed by atoms with Crippen molar-refractivity contribution in [2.24, 2.45) is 0 Å². The Hall–Kier alpha value is -4.57. The number of hydrogen-bond donors (Lipinski definition) is 0. The van der Waals surface area contributed by atoms with E-state index in [-0.39, 0.29) is 38.6 Å². The summed E-state index contributed by atoms with van der Waals surface area (Å²) in [4.78, 5) is 37.6. The number of quaternary nitrogens is 1. The molecule has 0 aliphatic carbocycles. The third-order valence-corrected chi connectivity index (χ3v) is 17.4. The molecule has 0 bridgehead atoms. The van der Waals surface area contributed by atoms with Crippen molar-refractivity contribution in [3.8, 4) is 0 Å². The average Bonchev–Trinajstić information content (AvgIpc) is 2.39. The first kappa shape index (κ1) is 92.4. The molecule has 0 radical (unpaired) electrons. The monoisotopic (exact) mass is 1350 g/mol. The molecule has 0 aliphatic rings. The van der Waals surface area contributed by atoms with Crippen molar-refractivity contribution in [2.75, 3.05) is 47.5 Å². The number of carbonyl (C=O) groups excluding carboxylic acids is 3. The predicted octanol–water partition coefficient (Wildman–Crippen LogP) is 24.7. The molecular formula is C88H151NO8. The van der Waals surface area contributed by atoms with Crippen LogP contribution in [0.2, 0.25) is 0 Å². The Balaban J connectivity index is 4.03. The maximum absolute atomic E-state index is 13.0. The Morgan fingerprint density at radius 1 is 0.320 bits per heavy atom. The molecule has 0 aliphatic heterocycles. The molecule has 9 nitrogen and oxygen atoms in total. The van der Waals surface area contributed by atoms with E-state index in [9.17, 15) is 19.5 Å². The van der Waals surface area contributed by atoms with Gasteiger partial charge in [0.2, 0.25) is 0 Å². The molecular weight excluding hydrogens is 1200 g/mol. The van der Waals surface area contributed by atoms with Crippen molar-refractivity contribution in [1.82, 2.24) is 0 Å². The van der Waals surface area contributed by atoms with Crippen LogP contribution in [0.25, 0.3) is 0 Å². The zero-order chi connectivity index (χ0) is 70.4. The number of carboxylic acid groups (broad SMARTS) is 1. The summed E-state index contributed by atoms with van der Waals surface area (Å²) in [6, 6.07) is 0. The fraction of sp³-hybridized carbons (Fsp3) is 0.716. The Labute approximate surface area is 599 Å². The van der Waals surface area contributed by atoms with Crippen LogP contribution < -0.4 is 5.11 Å². The van der Waals surface area contributed by atoms with Crippen LogP contribution in [0.3, 0.4) is 0 Å². The van der Waals surface area contributed by atoms with Crippen molar-refractivity contribution < 1.29 is 42.9 Å². The smallest absolute Gasteiger partial charge is 0.306 e. The van der Waals surface area contributed by atoms with Crippen LogP contribution in [0.5, 0.6) is 0 Å². The lowest BCUT2D eigenvalue weighted by molar-refractivity contribution is -0.870. The van der Waals surface area contributed by atoms with E-state index in [0.29, 0.717) is 17.4 Å². The van der Waals surface area contributed by atoms with E-state index in [1.165, 1.54) is 193 Å². The summed E-state index contributed by atoms with van der Waals surface area (Å²) in [6.45, 7) is 4.63. The van der Waals surface area contributed by atoms with E-state index in [0.717, 1.165) is 122 Å². The number of carbonyl (C=O) groups is 3. The van der Waals surface area contributed by atoms with Crippen molar-refractivity contribution in [1.29, 1.82) is 0 Å². The summed E-state index contributed by atoms with van der Waals surface area (Å²) >= 11 is 0. The first-order valence-electron chi connectivity index (χ1n) is 40.3. The number of ether oxygens (including phenoxy) is 4. The van der Waals surface area contributed by atoms with Gasteiger partial charge in [0.15, 0.2) is 12.4 Å². The zero-order valence-corrected chi connectivity index (χ0v) is 63.7. The van der Waals surface area contributed by atoms with Crippen molar-refractivity contribution in [2.45, 2.75) is 360 Å². The second kappa shape index (κ2) is 77.2. The van der Waals surface area contributed by atoms with Crippen LogP contribution in [-0.2, 0) is 33.3 Å². The van der Waals surface area contributed by atoms with Crippen LogP contribution >= 0.6 is 0 Å². The summed E-state index contributed by atoms with van der Waals surface area (Å²) in [7, 11) is 5.93. The molecule has 9 heteroatoms. The first-order chi connectivity index (χ1) is 47.6. The van der Waals surface area contributed by atoms with Crippen LogP contribution in [0.4, 0.5) is 0 Å². The molecule has 2 atom stereocenters. The van der Waals surface area contributed by atoms with E-state index in [4.69, 9.17) is 18.9 Å². The van der Waals surface area contributed by atoms with E-state index < -0.39 is 24.3 Å². The molecule has 0 spiro atoms. The molecule has 0 fully saturated rings. The largest absolute Gasteiger partial charge is 0.545 e. The second-order valence-corrected chi connectivity index (χ2v) is 28.0. The molecule has 0 aromatic carbocycles. The highest BCUT2D eigenvalue weighted by atomic mass is 16.7. The molecule has 0 heterocycles. The molecule has 0 rings (SSSR count). The topological polar surface area (TPSA) is 111 Å². The molecule has 0 aromatic heterocycles.